The average Bonchev–Trinajstić information content (AvgIpc) is 2.05. The van der Waals surface area contributed by atoms with Crippen LogP contribution in [0.5, 0.6) is 0 Å². The minimum Gasteiger partial charge on any atom is -0.330 e. The highest BCUT2D eigenvalue weighted by Gasteiger charge is 2.11. The van der Waals surface area contributed by atoms with Crippen molar-refractivity contribution in [3.63, 3.8) is 0 Å². The predicted molar refractivity (Wildman–Crippen MR) is 49.5 cm³/mol. The first kappa shape index (κ1) is 9.61. The molecular formula is C8H10BrFN2. The van der Waals surface area contributed by atoms with Crippen molar-refractivity contribution in [2.75, 3.05) is 6.54 Å². The van der Waals surface area contributed by atoms with E-state index in [1.807, 2.05) is 0 Å². The van der Waals surface area contributed by atoms with Crippen molar-refractivity contribution in [3.05, 3.63) is 28.5 Å². The van der Waals surface area contributed by atoms with Crippen LogP contribution in [0, 0.1) is 0 Å². The summed E-state index contributed by atoms with van der Waals surface area (Å²) in [6.45, 7) is 0.350. The first-order valence-corrected chi connectivity index (χ1v) is 4.49. The van der Waals surface area contributed by atoms with Gasteiger partial charge in [0.25, 0.3) is 0 Å². The minimum absolute atomic E-state index is 0.338. The van der Waals surface area contributed by atoms with Gasteiger partial charge in [-0.15, -0.1) is 0 Å². The van der Waals surface area contributed by atoms with Gasteiger partial charge in [-0.3, -0.25) is 0 Å². The van der Waals surface area contributed by atoms with Crippen LogP contribution in [0.1, 0.15) is 18.2 Å². The largest absolute Gasteiger partial charge is 0.330 e. The molecule has 2 nitrogen and oxygen atoms in total. The molecule has 0 bridgehead atoms. The third-order valence-electron chi connectivity index (χ3n) is 1.55. The van der Waals surface area contributed by atoms with Crippen molar-refractivity contribution in [1.82, 2.24) is 4.98 Å². The van der Waals surface area contributed by atoms with Crippen LogP contribution < -0.4 is 5.73 Å². The van der Waals surface area contributed by atoms with Crippen molar-refractivity contribution in [2.24, 2.45) is 5.73 Å². The van der Waals surface area contributed by atoms with Crippen LogP contribution in [0.2, 0.25) is 0 Å². The molecule has 0 spiro atoms. The monoisotopic (exact) mass is 232 g/mol. The molecule has 1 heterocycles. The summed E-state index contributed by atoms with van der Waals surface area (Å²) in [5.74, 6) is 0. The molecule has 0 aliphatic carbocycles. The summed E-state index contributed by atoms with van der Waals surface area (Å²) in [7, 11) is 0. The Balaban J connectivity index is 2.79. The number of halogens is 2. The fourth-order valence-corrected chi connectivity index (χ4v) is 1.43. The summed E-state index contributed by atoms with van der Waals surface area (Å²) in [4.78, 5) is 3.92. The van der Waals surface area contributed by atoms with Gasteiger partial charge in [0.2, 0.25) is 0 Å². The predicted octanol–water partition coefficient (Wildman–Crippen LogP) is 2.20. The van der Waals surface area contributed by atoms with E-state index in [0.717, 1.165) is 0 Å². The maximum Gasteiger partial charge on any atom is 0.129 e. The third-order valence-corrected chi connectivity index (χ3v) is 2.21. The Labute approximate surface area is 79.1 Å². The molecule has 1 aromatic rings. The number of pyridine rings is 1. The van der Waals surface area contributed by atoms with Gasteiger partial charge in [-0.05, 0) is 35.0 Å². The summed E-state index contributed by atoms with van der Waals surface area (Å²) in [6, 6.07) is 3.42. The van der Waals surface area contributed by atoms with E-state index >= 15 is 0 Å². The minimum atomic E-state index is -1.02. The summed E-state index contributed by atoms with van der Waals surface area (Å²) in [5.41, 5.74) is 5.81. The highest BCUT2D eigenvalue weighted by Crippen LogP contribution is 2.25. The van der Waals surface area contributed by atoms with Gasteiger partial charge in [-0.1, -0.05) is 6.07 Å². The van der Waals surface area contributed by atoms with E-state index in [1.165, 1.54) is 0 Å². The van der Waals surface area contributed by atoms with Crippen LogP contribution in [0.4, 0.5) is 4.39 Å². The molecule has 1 atom stereocenters. The number of rotatable bonds is 3. The van der Waals surface area contributed by atoms with E-state index in [2.05, 4.69) is 20.9 Å². The molecule has 12 heavy (non-hydrogen) atoms. The highest BCUT2D eigenvalue weighted by atomic mass is 79.9. The first-order chi connectivity index (χ1) is 5.75. The van der Waals surface area contributed by atoms with E-state index in [4.69, 9.17) is 5.73 Å². The van der Waals surface area contributed by atoms with Gasteiger partial charge in [0, 0.05) is 11.8 Å². The maximum atomic E-state index is 13.2. The number of hydrogen-bond acceptors (Lipinski definition) is 2. The number of alkyl halides is 1. The maximum absolute atomic E-state index is 13.2. The van der Waals surface area contributed by atoms with E-state index in [0.29, 0.717) is 23.1 Å². The summed E-state index contributed by atoms with van der Waals surface area (Å²) in [6.07, 6.45) is 0.936. The Hall–Kier alpha value is -0.480. The Morgan fingerprint density at radius 2 is 2.42 bits per heavy atom. The quantitative estimate of drug-likeness (QED) is 0.813. The topological polar surface area (TPSA) is 38.9 Å². The number of hydrogen-bond donors (Lipinski definition) is 1. The molecule has 1 aromatic heterocycles. The molecule has 66 valence electrons. The molecule has 4 heteroatoms. The zero-order chi connectivity index (χ0) is 8.97. The number of nitrogens with zero attached hydrogens (tertiary/aromatic N) is 1. The van der Waals surface area contributed by atoms with Gasteiger partial charge < -0.3 is 5.73 Å². The summed E-state index contributed by atoms with van der Waals surface area (Å²) >= 11 is 3.17. The molecule has 0 aliphatic rings. The second kappa shape index (κ2) is 4.52. The van der Waals surface area contributed by atoms with E-state index in [1.54, 1.807) is 18.3 Å². The van der Waals surface area contributed by atoms with Crippen LogP contribution in [0.3, 0.4) is 0 Å². The van der Waals surface area contributed by atoms with Crippen LogP contribution in [0.25, 0.3) is 0 Å². The smallest absolute Gasteiger partial charge is 0.129 e. The fourth-order valence-electron chi connectivity index (χ4n) is 0.934. The lowest BCUT2D eigenvalue weighted by molar-refractivity contribution is 0.325. The Bertz CT molecular complexity index is 255. The van der Waals surface area contributed by atoms with Crippen molar-refractivity contribution in [2.45, 2.75) is 12.6 Å². The average molecular weight is 233 g/mol. The van der Waals surface area contributed by atoms with Gasteiger partial charge in [0.15, 0.2) is 0 Å². The second-order valence-electron chi connectivity index (χ2n) is 2.43. The van der Waals surface area contributed by atoms with E-state index in [-0.39, 0.29) is 0 Å². The Morgan fingerprint density at radius 3 is 3.00 bits per heavy atom. The fraction of sp³-hybridized carbons (Fsp3) is 0.375. The molecule has 0 amide bonds. The zero-order valence-corrected chi connectivity index (χ0v) is 8.09. The van der Waals surface area contributed by atoms with Crippen LogP contribution >= 0.6 is 15.9 Å². The molecule has 1 rings (SSSR count). The SMILES string of the molecule is NCCC(F)c1cccnc1Br. The van der Waals surface area contributed by atoms with E-state index in [9.17, 15) is 4.39 Å². The molecule has 0 fully saturated rings. The first-order valence-electron chi connectivity index (χ1n) is 3.70. The van der Waals surface area contributed by atoms with Crippen molar-refractivity contribution in [3.8, 4) is 0 Å². The Morgan fingerprint density at radius 1 is 1.67 bits per heavy atom. The lowest BCUT2D eigenvalue weighted by Gasteiger charge is -2.07. The van der Waals surface area contributed by atoms with Gasteiger partial charge in [0.1, 0.15) is 10.8 Å². The second-order valence-corrected chi connectivity index (χ2v) is 3.18. The number of nitrogens with two attached hydrogens (primary N) is 1. The van der Waals surface area contributed by atoms with Crippen LogP contribution in [-0.4, -0.2) is 11.5 Å². The molecule has 1 unspecified atom stereocenters. The summed E-state index contributed by atoms with van der Waals surface area (Å²) < 4.78 is 13.8. The highest BCUT2D eigenvalue weighted by molar-refractivity contribution is 9.10. The zero-order valence-electron chi connectivity index (χ0n) is 6.50. The molecule has 0 radical (unpaired) electrons. The van der Waals surface area contributed by atoms with Crippen LogP contribution in [-0.2, 0) is 0 Å². The van der Waals surface area contributed by atoms with Crippen molar-refractivity contribution < 1.29 is 4.39 Å². The van der Waals surface area contributed by atoms with Gasteiger partial charge in [0.05, 0.1) is 0 Å². The standard InChI is InChI=1S/C8H10BrFN2/c9-8-6(2-1-5-12-8)7(10)3-4-11/h1-2,5,7H,3-4,11H2. The molecule has 2 N–H and O–H groups in total. The Kier molecular flexibility index (Phi) is 3.62. The molecule has 0 saturated carbocycles. The third kappa shape index (κ3) is 2.25. The van der Waals surface area contributed by atoms with Gasteiger partial charge >= 0.3 is 0 Å². The van der Waals surface area contributed by atoms with Gasteiger partial charge in [-0.2, -0.15) is 0 Å². The van der Waals surface area contributed by atoms with Crippen molar-refractivity contribution in [1.29, 1.82) is 0 Å². The number of aromatic nitrogens is 1. The lowest BCUT2D eigenvalue weighted by atomic mass is 10.1. The van der Waals surface area contributed by atoms with E-state index < -0.39 is 6.17 Å². The lowest BCUT2D eigenvalue weighted by Crippen LogP contribution is -2.04. The molecule has 0 aromatic carbocycles. The van der Waals surface area contributed by atoms with Crippen molar-refractivity contribution >= 4 is 15.9 Å². The summed E-state index contributed by atoms with van der Waals surface area (Å²) in [5, 5.41) is 0. The normalized spacial score (nSPS) is 12.9. The van der Waals surface area contributed by atoms with Gasteiger partial charge in [-0.25, -0.2) is 9.37 Å². The molecule has 0 saturated heterocycles. The molecule has 0 aliphatic heterocycles. The van der Waals surface area contributed by atoms with Crippen LogP contribution in [0.15, 0.2) is 22.9 Å². The molecular weight excluding hydrogens is 223 g/mol.